The van der Waals surface area contributed by atoms with Gasteiger partial charge in [-0.2, -0.15) is 5.26 Å². The van der Waals surface area contributed by atoms with Crippen LogP contribution in [0.2, 0.25) is 0 Å². The lowest BCUT2D eigenvalue weighted by Gasteiger charge is -2.16. The van der Waals surface area contributed by atoms with Gasteiger partial charge in [0.1, 0.15) is 11.8 Å². The Morgan fingerprint density at radius 1 is 1.25 bits per heavy atom. The fourth-order valence-corrected chi connectivity index (χ4v) is 2.40. The van der Waals surface area contributed by atoms with Crippen molar-refractivity contribution in [2.24, 2.45) is 0 Å². The van der Waals surface area contributed by atoms with Crippen LogP contribution >= 0.6 is 15.9 Å². The fraction of sp³-hybridized carbons (Fsp3) is 0.188. The molecule has 0 spiro atoms. The van der Waals surface area contributed by atoms with Gasteiger partial charge in [-0.25, -0.2) is 0 Å². The van der Waals surface area contributed by atoms with Crippen molar-refractivity contribution in [3.05, 3.63) is 58.1 Å². The van der Waals surface area contributed by atoms with Crippen LogP contribution in [0.15, 0.2) is 46.9 Å². The van der Waals surface area contributed by atoms with E-state index in [2.05, 4.69) is 34.2 Å². The third-order valence-electron chi connectivity index (χ3n) is 2.98. The summed E-state index contributed by atoms with van der Waals surface area (Å²) < 4.78 is 0.894. The lowest BCUT2D eigenvalue weighted by molar-refractivity contribution is 0.475. The van der Waals surface area contributed by atoms with Crippen molar-refractivity contribution in [1.82, 2.24) is 0 Å². The summed E-state index contributed by atoms with van der Waals surface area (Å²) in [7, 11) is 0. The highest BCUT2D eigenvalue weighted by Crippen LogP contribution is 2.21. The second kappa shape index (κ2) is 6.44. The number of hydrogen-bond acceptors (Lipinski definition) is 3. The lowest BCUT2D eigenvalue weighted by Crippen LogP contribution is -2.18. The maximum Gasteiger partial charge on any atom is 0.115 e. The second-order valence-corrected chi connectivity index (χ2v) is 5.63. The minimum atomic E-state index is 0.188. The summed E-state index contributed by atoms with van der Waals surface area (Å²) in [6.07, 6.45) is 0.821. The number of hydrogen-bond donors (Lipinski definition) is 2. The van der Waals surface area contributed by atoms with Gasteiger partial charge in [0.2, 0.25) is 0 Å². The Labute approximate surface area is 127 Å². The summed E-state index contributed by atoms with van der Waals surface area (Å²) in [5.74, 6) is 0.272. The molecule has 2 aromatic rings. The molecule has 2 aromatic carbocycles. The van der Waals surface area contributed by atoms with Crippen molar-refractivity contribution in [1.29, 1.82) is 5.26 Å². The van der Waals surface area contributed by atoms with Gasteiger partial charge in [-0.1, -0.05) is 28.1 Å². The van der Waals surface area contributed by atoms with E-state index < -0.39 is 0 Å². The van der Waals surface area contributed by atoms with Gasteiger partial charge in [0.25, 0.3) is 0 Å². The number of anilines is 1. The second-order valence-electron chi connectivity index (χ2n) is 4.72. The Morgan fingerprint density at radius 3 is 2.60 bits per heavy atom. The first-order valence-corrected chi connectivity index (χ1v) is 7.12. The SMILES string of the molecule is CC(Cc1ccc(O)cc1)Nc1ccc(Br)cc1C#N. The number of nitrogens with zero attached hydrogens (tertiary/aromatic N) is 1. The van der Waals surface area contributed by atoms with Crippen LogP contribution in [-0.4, -0.2) is 11.1 Å². The molecule has 1 atom stereocenters. The quantitative estimate of drug-likeness (QED) is 0.888. The van der Waals surface area contributed by atoms with Gasteiger partial charge in [0, 0.05) is 10.5 Å². The highest BCUT2D eigenvalue weighted by Gasteiger charge is 2.08. The van der Waals surface area contributed by atoms with E-state index in [0.29, 0.717) is 5.56 Å². The molecule has 0 aliphatic heterocycles. The van der Waals surface area contributed by atoms with Crippen LogP contribution in [0.5, 0.6) is 5.75 Å². The zero-order valence-corrected chi connectivity index (χ0v) is 12.7. The van der Waals surface area contributed by atoms with Crippen molar-refractivity contribution < 1.29 is 5.11 Å². The molecule has 102 valence electrons. The predicted octanol–water partition coefficient (Wildman–Crippen LogP) is 4.07. The first kappa shape index (κ1) is 14.4. The Morgan fingerprint density at radius 2 is 1.95 bits per heavy atom. The Bertz CT molecular complexity index is 632. The molecule has 0 saturated heterocycles. The van der Waals surface area contributed by atoms with Crippen LogP contribution in [0, 0.1) is 11.3 Å². The lowest BCUT2D eigenvalue weighted by atomic mass is 10.1. The number of phenols is 1. The maximum absolute atomic E-state index is 9.26. The molecular weight excluding hydrogens is 316 g/mol. The van der Waals surface area contributed by atoms with Gasteiger partial charge in [0.05, 0.1) is 11.3 Å². The molecule has 0 bridgehead atoms. The van der Waals surface area contributed by atoms with E-state index >= 15 is 0 Å². The molecule has 0 aromatic heterocycles. The third-order valence-corrected chi connectivity index (χ3v) is 3.48. The number of nitriles is 1. The van der Waals surface area contributed by atoms with Crippen molar-refractivity contribution in [2.45, 2.75) is 19.4 Å². The van der Waals surface area contributed by atoms with Crippen molar-refractivity contribution in [3.8, 4) is 11.8 Å². The molecule has 2 N–H and O–H groups in total. The molecule has 0 aliphatic rings. The van der Waals surface area contributed by atoms with Gasteiger partial charge in [-0.15, -0.1) is 0 Å². The molecule has 1 unspecified atom stereocenters. The highest BCUT2D eigenvalue weighted by molar-refractivity contribution is 9.10. The largest absolute Gasteiger partial charge is 0.508 e. The standard InChI is InChI=1S/C16H15BrN2O/c1-11(8-12-2-5-15(20)6-3-12)19-16-7-4-14(17)9-13(16)10-18/h2-7,9,11,19-20H,8H2,1H3. The van der Waals surface area contributed by atoms with Gasteiger partial charge in [0.15, 0.2) is 0 Å². The first-order chi connectivity index (χ1) is 9.58. The number of aromatic hydroxyl groups is 1. The Balaban J connectivity index is 2.06. The Kier molecular flexibility index (Phi) is 4.65. The van der Waals surface area contributed by atoms with Crippen LogP contribution < -0.4 is 5.32 Å². The van der Waals surface area contributed by atoms with E-state index in [1.807, 2.05) is 24.3 Å². The van der Waals surface area contributed by atoms with Crippen molar-refractivity contribution in [2.75, 3.05) is 5.32 Å². The van der Waals surface area contributed by atoms with E-state index in [0.717, 1.165) is 22.1 Å². The molecular formula is C16H15BrN2O. The first-order valence-electron chi connectivity index (χ1n) is 6.32. The number of nitrogens with one attached hydrogen (secondary N) is 1. The van der Waals surface area contributed by atoms with Crippen LogP contribution in [0.4, 0.5) is 5.69 Å². The summed E-state index contributed by atoms with van der Waals surface area (Å²) in [5.41, 5.74) is 2.59. The van der Waals surface area contributed by atoms with Crippen LogP contribution in [-0.2, 0) is 6.42 Å². The van der Waals surface area contributed by atoms with Gasteiger partial charge in [-0.05, 0) is 49.2 Å². The minimum absolute atomic E-state index is 0.188. The molecule has 0 saturated carbocycles. The third kappa shape index (κ3) is 3.75. The van der Waals surface area contributed by atoms with Crippen LogP contribution in [0.25, 0.3) is 0 Å². The molecule has 20 heavy (non-hydrogen) atoms. The summed E-state index contributed by atoms with van der Waals surface area (Å²) in [4.78, 5) is 0. The Hall–Kier alpha value is -1.99. The summed E-state index contributed by atoms with van der Waals surface area (Å²) in [6.45, 7) is 2.07. The van der Waals surface area contributed by atoms with Crippen molar-refractivity contribution >= 4 is 21.6 Å². The van der Waals surface area contributed by atoms with E-state index in [1.165, 1.54) is 0 Å². The summed E-state index contributed by atoms with van der Waals surface area (Å²) >= 11 is 3.36. The molecule has 0 aliphatic carbocycles. The van der Waals surface area contributed by atoms with Crippen LogP contribution in [0.1, 0.15) is 18.1 Å². The van der Waals surface area contributed by atoms with E-state index in [-0.39, 0.29) is 11.8 Å². The zero-order valence-electron chi connectivity index (χ0n) is 11.1. The summed E-state index contributed by atoms with van der Waals surface area (Å²) in [6, 6.07) is 15.2. The zero-order chi connectivity index (χ0) is 14.5. The molecule has 2 rings (SSSR count). The number of benzene rings is 2. The number of phenolic OH excluding ortho intramolecular Hbond substituents is 1. The number of halogens is 1. The fourth-order valence-electron chi connectivity index (χ4n) is 2.04. The van der Waals surface area contributed by atoms with E-state index in [1.54, 1.807) is 18.2 Å². The maximum atomic E-state index is 9.26. The topological polar surface area (TPSA) is 56.0 Å². The average molecular weight is 331 g/mol. The molecule has 0 amide bonds. The summed E-state index contributed by atoms with van der Waals surface area (Å²) in [5, 5.41) is 21.7. The minimum Gasteiger partial charge on any atom is -0.508 e. The number of rotatable bonds is 4. The van der Waals surface area contributed by atoms with Crippen LogP contribution in [0.3, 0.4) is 0 Å². The van der Waals surface area contributed by atoms with E-state index in [4.69, 9.17) is 5.26 Å². The predicted molar refractivity (Wildman–Crippen MR) is 83.8 cm³/mol. The smallest absolute Gasteiger partial charge is 0.115 e. The average Bonchev–Trinajstić information content (AvgIpc) is 2.43. The molecule has 0 radical (unpaired) electrons. The molecule has 4 heteroatoms. The van der Waals surface area contributed by atoms with Gasteiger partial charge >= 0.3 is 0 Å². The monoisotopic (exact) mass is 330 g/mol. The normalized spacial score (nSPS) is 11.7. The highest BCUT2D eigenvalue weighted by atomic mass is 79.9. The molecule has 0 fully saturated rings. The van der Waals surface area contributed by atoms with Gasteiger partial charge in [-0.3, -0.25) is 0 Å². The van der Waals surface area contributed by atoms with E-state index in [9.17, 15) is 5.11 Å². The van der Waals surface area contributed by atoms with Gasteiger partial charge < -0.3 is 10.4 Å². The van der Waals surface area contributed by atoms with Crippen molar-refractivity contribution in [3.63, 3.8) is 0 Å². The molecule has 0 heterocycles. The molecule has 3 nitrogen and oxygen atoms in total.